The van der Waals surface area contributed by atoms with Crippen molar-refractivity contribution in [2.45, 2.75) is 51.3 Å². The molecule has 0 spiro atoms. The van der Waals surface area contributed by atoms with Crippen molar-refractivity contribution < 1.29 is 9.53 Å². The molecule has 0 unspecified atom stereocenters. The van der Waals surface area contributed by atoms with E-state index in [2.05, 4.69) is 12.2 Å². The molecule has 0 bridgehead atoms. The maximum atomic E-state index is 11.9. The van der Waals surface area contributed by atoms with E-state index in [0.29, 0.717) is 6.04 Å². The van der Waals surface area contributed by atoms with E-state index in [9.17, 15) is 4.79 Å². The number of fused-ring (bicyclic) bond motifs is 1. The fourth-order valence-corrected chi connectivity index (χ4v) is 2.30. The Kier molecular flexibility index (Phi) is 2.23. The minimum absolute atomic E-state index is 0.136. The molecule has 0 aromatic heterocycles. The van der Waals surface area contributed by atoms with Crippen molar-refractivity contribution in [3.63, 3.8) is 0 Å². The molecule has 2 fully saturated rings. The molecular weight excluding hydrogens is 192 g/mol. The monoisotopic (exact) mass is 212 g/mol. The average Bonchev–Trinajstić information content (AvgIpc) is 2.25. The van der Waals surface area contributed by atoms with Crippen LogP contribution in [0.2, 0.25) is 0 Å². The molecular formula is C11H20N2O2. The first-order valence-corrected chi connectivity index (χ1v) is 5.56. The molecule has 1 N–H and O–H groups in total. The summed E-state index contributed by atoms with van der Waals surface area (Å²) in [5.41, 5.74) is -0.260. The number of ether oxygens (including phenoxy) is 1. The second-order valence-electron chi connectivity index (χ2n) is 5.74. The van der Waals surface area contributed by atoms with E-state index in [0.717, 1.165) is 19.5 Å². The van der Waals surface area contributed by atoms with E-state index in [-0.39, 0.29) is 11.6 Å². The second kappa shape index (κ2) is 3.11. The molecule has 0 saturated carbocycles. The van der Waals surface area contributed by atoms with Crippen LogP contribution in [0.1, 0.15) is 34.1 Å². The Labute approximate surface area is 91.0 Å². The summed E-state index contributed by atoms with van der Waals surface area (Å²) in [6.07, 6.45) is 0.856. The highest BCUT2D eigenvalue weighted by Crippen LogP contribution is 2.35. The number of nitrogens with one attached hydrogen (secondary N) is 1. The van der Waals surface area contributed by atoms with Crippen LogP contribution in [0.15, 0.2) is 0 Å². The maximum Gasteiger partial charge on any atom is 0.410 e. The number of hydrogen-bond acceptors (Lipinski definition) is 3. The van der Waals surface area contributed by atoms with Gasteiger partial charge in [-0.1, -0.05) is 0 Å². The SMILES string of the molecule is CC(C)(C)OC(=O)N1CC[C@@]2(C)NC[C@@H]12. The zero-order valence-electron chi connectivity index (χ0n) is 9.96. The van der Waals surface area contributed by atoms with Crippen LogP contribution in [0, 0.1) is 0 Å². The number of amides is 1. The second-order valence-corrected chi connectivity index (χ2v) is 5.74. The highest BCUT2D eigenvalue weighted by molar-refractivity contribution is 5.69. The summed E-state index contributed by atoms with van der Waals surface area (Å²) in [6.45, 7) is 9.59. The van der Waals surface area contributed by atoms with E-state index in [1.165, 1.54) is 0 Å². The van der Waals surface area contributed by atoms with E-state index < -0.39 is 5.60 Å². The summed E-state index contributed by atoms with van der Waals surface area (Å²) in [6, 6.07) is 0.326. The molecule has 2 saturated heterocycles. The van der Waals surface area contributed by atoms with Gasteiger partial charge in [-0.15, -0.1) is 0 Å². The smallest absolute Gasteiger partial charge is 0.410 e. The summed E-state index contributed by atoms with van der Waals surface area (Å²) < 4.78 is 5.38. The first kappa shape index (κ1) is 10.7. The van der Waals surface area contributed by atoms with E-state index in [4.69, 9.17) is 4.74 Å². The van der Waals surface area contributed by atoms with Crippen LogP contribution in [-0.4, -0.2) is 41.3 Å². The maximum absolute atomic E-state index is 11.9. The lowest BCUT2D eigenvalue weighted by atomic mass is 9.85. The minimum atomic E-state index is -0.396. The number of carbonyl (C=O) groups is 1. The number of nitrogens with zero attached hydrogens (tertiary/aromatic N) is 1. The van der Waals surface area contributed by atoms with Gasteiger partial charge in [-0.25, -0.2) is 4.79 Å². The van der Waals surface area contributed by atoms with Crippen molar-refractivity contribution in [3.8, 4) is 0 Å². The normalized spacial score (nSPS) is 34.7. The molecule has 0 radical (unpaired) electrons. The standard InChI is InChI=1S/C11H20N2O2/c1-10(2,3)15-9(14)13-6-5-11(4)8(13)7-12-11/h8,12H,5-7H2,1-4H3/t8-,11-/m1/s1. The van der Waals surface area contributed by atoms with Gasteiger partial charge in [0.1, 0.15) is 5.60 Å². The van der Waals surface area contributed by atoms with Crippen LogP contribution in [0.4, 0.5) is 4.79 Å². The Morgan fingerprint density at radius 1 is 1.53 bits per heavy atom. The van der Waals surface area contributed by atoms with Gasteiger partial charge < -0.3 is 15.0 Å². The summed E-state index contributed by atoms with van der Waals surface area (Å²) in [5.74, 6) is 0. The number of rotatable bonds is 0. The van der Waals surface area contributed by atoms with Crippen molar-refractivity contribution in [2.75, 3.05) is 13.1 Å². The van der Waals surface area contributed by atoms with Crippen molar-refractivity contribution >= 4 is 6.09 Å². The van der Waals surface area contributed by atoms with E-state index in [1.807, 2.05) is 25.7 Å². The summed E-state index contributed by atoms with van der Waals surface area (Å²) in [5, 5.41) is 3.38. The van der Waals surface area contributed by atoms with Crippen LogP contribution in [0.3, 0.4) is 0 Å². The van der Waals surface area contributed by atoms with Gasteiger partial charge in [0, 0.05) is 18.6 Å². The third-order valence-electron chi connectivity index (χ3n) is 3.31. The first-order chi connectivity index (χ1) is 6.82. The first-order valence-electron chi connectivity index (χ1n) is 5.56. The van der Waals surface area contributed by atoms with Crippen LogP contribution in [-0.2, 0) is 4.74 Å². The predicted molar refractivity (Wildman–Crippen MR) is 57.8 cm³/mol. The molecule has 1 amide bonds. The van der Waals surface area contributed by atoms with Crippen molar-refractivity contribution in [2.24, 2.45) is 0 Å². The van der Waals surface area contributed by atoms with E-state index in [1.54, 1.807) is 0 Å². The lowest BCUT2D eigenvalue weighted by Crippen LogP contribution is -2.68. The number of likely N-dealkylation sites (tertiary alicyclic amines) is 1. The molecule has 4 nitrogen and oxygen atoms in total. The van der Waals surface area contributed by atoms with Gasteiger partial charge in [-0.2, -0.15) is 0 Å². The minimum Gasteiger partial charge on any atom is -0.444 e. The molecule has 2 heterocycles. The summed E-state index contributed by atoms with van der Waals surface area (Å²) >= 11 is 0. The van der Waals surface area contributed by atoms with Gasteiger partial charge >= 0.3 is 6.09 Å². The van der Waals surface area contributed by atoms with E-state index >= 15 is 0 Å². The number of carbonyl (C=O) groups excluding carboxylic acids is 1. The van der Waals surface area contributed by atoms with Crippen LogP contribution in [0.25, 0.3) is 0 Å². The van der Waals surface area contributed by atoms with Gasteiger partial charge in [0.25, 0.3) is 0 Å². The summed E-state index contributed by atoms with van der Waals surface area (Å²) in [7, 11) is 0. The Bertz CT molecular complexity index is 285. The molecule has 0 aromatic rings. The van der Waals surface area contributed by atoms with Crippen molar-refractivity contribution in [1.29, 1.82) is 0 Å². The number of hydrogen-bond donors (Lipinski definition) is 1. The zero-order valence-corrected chi connectivity index (χ0v) is 9.96. The lowest BCUT2D eigenvalue weighted by molar-refractivity contribution is 0.0105. The largest absolute Gasteiger partial charge is 0.444 e. The van der Waals surface area contributed by atoms with Gasteiger partial charge in [-0.3, -0.25) is 0 Å². The van der Waals surface area contributed by atoms with Crippen LogP contribution >= 0.6 is 0 Å². The molecule has 0 aliphatic carbocycles. The fraction of sp³-hybridized carbons (Fsp3) is 0.909. The molecule has 86 valence electrons. The third kappa shape index (κ3) is 1.83. The predicted octanol–water partition coefficient (Wildman–Crippen LogP) is 1.36. The molecule has 2 rings (SSSR count). The Hall–Kier alpha value is -0.770. The Morgan fingerprint density at radius 2 is 2.20 bits per heavy atom. The average molecular weight is 212 g/mol. The van der Waals surface area contributed by atoms with Gasteiger partial charge in [0.2, 0.25) is 0 Å². The van der Waals surface area contributed by atoms with Gasteiger partial charge in [0.15, 0.2) is 0 Å². The van der Waals surface area contributed by atoms with Gasteiger partial charge in [0.05, 0.1) is 6.04 Å². The topological polar surface area (TPSA) is 41.6 Å². The summed E-state index contributed by atoms with van der Waals surface area (Å²) in [4.78, 5) is 13.7. The van der Waals surface area contributed by atoms with Crippen LogP contribution < -0.4 is 5.32 Å². The molecule has 15 heavy (non-hydrogen) atoms. The van der Waals surface area contributed by atoms with Gasteiger partial charge in [-0.05, 0) is 34.1 Å². The highest BCUT2D eigenvalue weighted by Gasteiger charge is 2.52. The molecule has 4 heteroatoms. The molecule has 0 aromatic carbocycles. The third-order valence-corrected chi connectivity index (χ3v) is 3.31. The quantitative estimate of drug-likeness (QED) is 0.659. The zero-order chi connectivity index (χ0) is 11.3. The Morgan fingerprint density at radius 3 is 2.60 bits per heavy atom. The molecule has 2 aliphatic heterocycles. The van der Waals surface area contributed by atoms with Crippen molar-refractivity contribution in [3.05, 3.63) is 0 Å². The van der Waals surface area contributed by atoms with Crippen molar-refractivity contribution in [1.82, 2.24) is 10.2 Å². The Balaban J connectivity index is 1.98. The molecule has 2 aliphatic rings. The van der Waals surface area contributed by atoms with Crippen LogP contribution in [0.5, 0.6) is 0 Å². The lowest BCUT2D eigenvalue weighted by Gasteiger charge is -2.45. The molecule has 2 atom stereocenters. The highest BCUT2D eigenvalue weighted by atomic mass is 16.6. The fourth-order valence-electron chi connectivity index (χ4n) is 2.30.